The molecule has 0 spiro atoms. The minimum atomic E-state index is -2.74. The van der Waals surface area contributed by atoms with Gasteiger partial charge in [-0.05, 0) is 0 Å². The van der Waals surface area contributed by atoms with Crippen molar-refractivity contribution >= 4 is 17.9 Å². The molecule has 0 saturated heterocycles. The van der Waals surface area contributed by atoms with E-state index in [0.717, 1.165) is 6.26 Å². The molecule has 0 aromatic carbocycles. The molecule has 0 rings (SSSR count). The highest BCUT2D eigenvalue weighted by Gasteiger charge is 2.40. The molecule has 0 aliphatic rings. The van der Waals surface area contributed by atoms with Crippen molar-refractivity contribution in [3.05, 3.63) is 0 Å². The van der Waals surface area contributed by atoms with Crippen LogP contribution in [-0.4, -0.2) is 49.0 Å². The maximum atomic E-state index is 10.3. The Morgan fingerprint density at radius 1 is 1.06 bits per heavy atom. The summed E-state index contributed by atoms with van der Waals surface area (Å²) in [7, 11) is 0. The summed E-state index contributed by atoms with van der Waals surface area (Å²) in [6, 6.07) is 0. The average molecular weight is 235 g/mol. The highest BCUT2D eigenvalue weighted by atomic mass is 16.4. The van der Waals surface area contributed by atoms with Gasteiger partial charge in [-0.3, -0.25) is 9.59 Å². The van der Waals surface area contributed by atoms with Gasteiger partial charge < -0.3 is 25.5 Å². The summed E-state index contributed by atoms with van der Waals surface area (Å²) >= 11 is 0. The maximum absolute atomic E-state index is 10.3. The van der Waals surface area contributed by atoms with Crippen LogP contribution in [-0.2, 0) is 14.4 Å². The summed E-state index contributed by atoms with van der Waals surface area (Å²) < 4.78 is 0. The molecule has 0 aliphatic heterocycles. The third-order valence-electron chi connectivity index (χ3n) is 1.29. The predicted octanol–water partition coefficient (Wildman–Crippen LogP) is -1.41. The summed E-state index contributed by atoms with van der Waals surface area (Å²) in [5, 5.41) is 47.6. The highest BCUT2D eigenvalue weighted by molar-refractivity contribution is 5.88. The van der Waals surface area contributed by atoms with Crippen molar-refractivity contribution in [1.29, 1.82) is 5.26 Å². The molecule has 0 heterocycles. The molecular formula is C7H9NO8. The molecule has 0 aromatic rings. The molecule has 5 N–H and O–H groups in total. The topological polar surface area (TPSA) is 176 Å². The van der Waals surface area contributed by atoms with Crippen LogP contribution in [0.5, 0.6) is 0 Å². The lowest BCUT2D eigenvalue weighted by Crippen LogP contribution is -2.42. The van der Waals surface area contributed by atoms with Gasteiger partial charge in [0.05, 0.1) is 12.8 Å². The highest BCUT2D eigenvalue weighted by Crippen LogP contribution is 2.15. The molecule has 0 aromatic heterocycles. The standard InChI is InChI=1S/C6H8O7.CHNO/c7-3(8)1-6(13,5(11)12)2-4(9)10;2-1-3/h13H,1-2H2,(H,7,8)(H,9,10)(H,11,12);3H. The van der Waals surface area contributed by atoms with Gasteiger partial charge >= 0.3 is 17.9 Å². The number of carboxylic acid groups (broad SMARTS) is 3. The van der Waals surface area contributed by atoms with Gasteiger partial charge in [0, 0.05) is 0 Å². The number of nitrogens with zero attached hydrogens (tertiary/aromatic N) is 1. The number of aliphatic hydroxyl groups is 2. The van der Waals surface area contributed by atoms with Gasteiger partial charge in [-0.15, -0.1) is 0 Å². The summed E-state index contributed by atoms with van der Waals surface area (Å²) in [6.07, 6.45) is -1.54. The Hall–Kier alpha value is -2.34. The average Bonchev–Trinajstić information content (AvgIpc) is 2.01. The van der Waals surface area contributed by atoms with Crippen molar-refractivity contribution in [2.24, 2.45) is 0 Å². The number of rotatable bonds is 5. The number of carbonyl (C=O) groups is 3. The molecule has 90 valence electrons. The lowest BCUT2D eigenvalue weighted by molar-refractivity contribution is -0.170. The Morgan fingerprint density at radius 3 is 1.44 bits per heavy atom. The number of carboxylic acids is 3. The van der Waals surface area contributed by atoms with Gasteiger partial charge in [0.15, 0.2) is 5.60 Å². The monoisotopic (exact) mass is 235 g/mol. The number of aliphatic hydroxyl groups excluding tert-OH is 1. The Morgan fingerprint density at radius 2 is 1.31 bits per heavy atom. The first-order valence-corrected chi connectivity index (χ1v) is 3.62. The first-order chi connectivity index (χ1) is 7.19. The van der Waals surface area contributed by atoms with Crippen LogP contribution < -0.4 is 0 Å². The van der Waals surface area contributed by atoms with Gasteiger partial charge in [0.1, 0.15) is 0 Å². The van der Waals surface area contributed by atoms with E-state index in [1.807, 2.05) is 0 Å². The van der Waals surface area contributed by atoms with E-state index >= 15 is 0 Å². The molecule has 0 aliphatic carbocycles. The van der Waals surface area contributed by atoms with Crippen LogP contribution in [0.4, 0.5) is 0 Å². The van der Waals surface area contributed by atoms with Gasteiger partial charge in [0.2, 0.25) is 0 Å². The molecule has 9 nitrogen and oxygen atoms in total. The quantitative estimate of drug-likeness (QED) is 0.358. The van der Waals surface area contributed by atoms with E-state index in [1.54, 1.807) is 0 Å². The number of hydrogen-bond donors (Lipinski definition) is 5. The first-order valence-electron chi connectivity index (χ1n) is 3.62. The molecule has 16 heavy (non-hydrogen) atoms. The van der Waals surface area contributed by atoms with E-state index in [9.17, 15) is 14.4 Å². The number of nitriles is 1. The first kappa shape index (κ1) is 16.1. The number of hydrogen-bond acceptors (Lipinski definition) is 6. The molecule has 0 unspecified atom stereocenters. The lowest BCUT2D eigenvalue weighted by Gasteiger charge is -2.18. The van der Waals surface area contributed by atoms with Crippen molar-refractivity contribution < 1.29 is 39.9 Å². The molecule has 0 atom stereocenters. The van der Waals surface area contributed by atoms with E-state index in [1.165, 1.54) is 0 Å². The van der Waals surface area contributed by atoms with E-state index < -0.39 is 36.4 Å². The Kier molecular flexibility index (Phi) is 7.06. The predicted molar refractivity (Wildman–Crippen MR) is 44.6 cm³/mol. The largest absolute Gasteiger partial charge is 0.481 e. The van der Waals surface area contributed by atoms with Gasteiger partial charge in [-0.25, -0.2) is 4.79 Å². The zero-order valence-electron chi connectivity index (χ0n) is 7.82. The van der Waals surface area contributed by atoms with E-state index in [0.29, 0.717) is 0 Å². The van der Waals surface area contributed by atoms with E-state index in [2.05, 4.69) is 0 Å². The minimum absolute atomic E-state index is 0.750. The lowest BCUT2D eigenvalue weighted by atomic mass is 9.96. The second-order valence-corrected chi connectivity index (χ2v) is 2.58. The normalized spacial score (nSPS) is 9.25. The van der Waals surface area contributed by atoms with Crippen molar-refractivity contribution in [3.8, 4) is 6.26 Å². The van der Waals surface area contributed by atoms with Crippen LogP contribution in [0.25, 0.3) is 0 Å². The van der Waals surface area contributed by atoms with Gasteiger partial charge in [-0.1, -0.05) is 0 Å². The van der Waals surface area contributed by atoms with Crippen molar-refractivity contribution in [1.82, 2.24) is 0 Å². The summed E-state index contributed by atoms with van der Waals surface area (Å²) in [4.78, 5) is 30.5. The zero-order valence-corrected chi connectivity index (χ0v) is 7.82. The van der Waals surface area contributed by atoms with Crippen LogP contribution in [0, 0.1) is 11.5 Å². The van der Waals surface area contributed by atoms with Crippen LogP contribution >= 0.6 is 0 Å². The zero-order chi connectivity index (χ0) is 13.4. The summed E-state index contributed by atoms with van der Waals surface area (Å²) in [6.45, 7) is 0. The summed E-state index contributed by atoms with van der Waals surface area (Å²) in [5.41, 5.74) is -2.74. The Bertz CT molecular complexity index is 301. The molecular weight excluding hydrogens is 226 g/mol. The maximum Gasteiger partial charge on any atom is 0.336 e. The van der Waals surface area contributed by atoms with Crippen LogP contribution in [0.1, 0.15) is 12.8 Å². The second-order valence-electron chi connectivity index (χ2n) is 2.58. The number of aliphatic carboxylic acids is 3. The summed E-state index contributed by atoms with van der Waals surface area (Å²) in [5.74, 6) is -5.02. The third-order valence-corrected chi connectivity index (χ3v) is 1.29. The fourth-order valence-electron chi connectivity index (χ4n) is 0.714. The fraction of sp³-hybridized carbons (Fsp3) is 0.429. The van der Waals surface area contributed by atoms with Crippen molar-refractivity contribution in [2.75, 3.05) is 0 Å². The molecule has 0 radical (unpaired) electrons. The molecule has 0 fully saturated rings. The van der Waals surface area contributed by atoms with Gasteiger partial charge in [0.25, 0.3) is 6.26 Å². The SMILES string of the molecule is N#CO.O=C(O)CC(O)(CC(=O)O)C(=O)O. The Labute approximate surface area is 88.8 Å². The molecule has 0 bridgehead atoms. The van der Waals surface area contributed by atoms with Crippen molar-refractivity contribution in [2.45, 2.75) is 18.4 Å². The molecule has 0 amide bonds. The van der Waals surface area contributed by atoms with Gasteiger partial charge in [-0.2, -0.15) is 5.26 Å². The third kappa shape index (κ3) is 7.10. The van der Waals surface area contributed by atoms with Crippen LogP contribution in [0.15, 0.2) is 0 Å². The molecule has 0 saturated carbocycles. The molecule has 9 heteroatoms. The van der Waals surface area contributed by atoms with Crippen molar-refractivity contribution in [3.63, 3.8) is 0 Å². The smallest absolute Gasteiger partial charge is 0.336 e. The fourth-order valence-corrected chi connectivity index (χ4v) is 0.714. The Balaban J connectivity index is 0. The van der Waals surface area contributed by atoms with E-state index in [-0.39, 0.29) is 0 Å². The van der Waals surface area contributed by atoms with E-state index in [4.69, 9.17) is 30.8 Å². The minimum Gasteiger partial charge on any atom is -0.481 e. The van der Waals surface area contributed by atoms with Crippen LogP contribution in [0.2, 0.25) is 0 Å². The van der Waals surface area contributed by atoms with Crippen LogP contribution in [0.3, 0.4) is 0 Å². The second kappa shape index (κ2) is 7.02.